The third kappa shape index (κ3) is 3.74. The van der Waals surface area contributed by atoms with Crippen molar-refractivity contribution < 1.29 is 4.79 Å². The van der Waals surface area contributed by atoms with E-state index in [9.17, 15) is 4.79 Å². The van der Waals surface area contributed by atoms with Gasteiger partial charge >= 0.3 is 0 Å². The molecule has 4 nitrogen and oxygen atoms in total. The van der Waals surface area contributed by atoms with Crippen LogP contribution in [0.2, 0.25) is 0 Å². The Bertz CT molecular complexity index is 894. The second-order valence-electron chi connectivity index (χ2n) is 6.85. The zero-order valence-electron chi connectivity index (χ0n) is 15.3. The van der Waals surface area contributed by atoms with Crippen LogP contribution in [0.3, 0.4) is 0 Å². The van der Waals surface area contributed by atoms with E-state index in [0.717, 1.165) is 16.8 Å². The number of hydrogen-bond acceptors (Lipinski definition) is 2. The van der Waals surface area contributed by atoms with E-state index in [0.29, 0.717) is 13.1 Å². The van der Waals surface area contributed by atoms with Crippen LogP contribution in [0.4, 0.5) is 0 Å². The van der Waals surface area contributed by atoms with Crippen LogP contribution < -0.4 is 5.32 Å². The number of fused-ring (bicyclic) bond motifs is 1. The molecule has 3 rings (SSSR count). The van der Waals surface area contributed by atoms with E-state index in [1.54, 1.807) is 0 Å². The summed E-state index contributed by atoms with van der Waals surface area (Å²) in [5.41, 5.74) is 6.98. The van der Waals surface area contributed by atoms with Crippen LogP contribution in [-0.2, 0) is 11.3 Å². The highest BCUT2D eigenvalue weighted by Gasteiger charge is 2.13. The number of rotatable bonds is 5. The molecule has 25 heavy (non-hydrogen) atoms. The van der Waals surface area contributed by atoms with Crippen molar-refractivity contribution in [1.82, 2.24) is 15.2 Å². The van der Waals surface area contributed by atoms with Crippen LogP contribution >= 0.6 is 0 Å². The smallest absolute Gasteiger partial charge is 0.234 e. The number of aryl methyl sites for hydroxylation is 2. The molecule has 2 N–H and O–H groups in total. The molecule has 1 aromatic heterocycles. The predicted octanol–water partition coefficient (Wildman–Crippen LogP) is 3.63. The standard InChI is InChI=1S/C21H25N3O/c1-14-10-17(12-22-19(25)13-24(3)4)21-18(11-14)15(2)20(23-21)16-8-6-5-7-9-16/h5-11,23H,12-13H2,1-4H3,(H,22,25). The molecule has 2 aromatic carbocycles. The molecule has 0 radical (unpaired) electrons. The Labute approximate surface area is 148 Å². The Kier molecular flexibility index (Phi) is 4.91. The van der Waals surface area contributed by atoms with Gasteiger partial charge in [-0.05, 0) is 50.7 Å². The number of likely N-dealkylation sites (N-methyl/N-ethyl adjacent to an activating group) is 1. The lowest BCUT2D eigenvalue weighted by Gasteiger charge is -2.11. The molecule has 130 valence electrons. The Morgan fingerprint density at radius 1 is 1.12 bits per heavy atom. The van der Waals surface area contributed by atoms with Crippen molar-refractivity contribution in [2.75, 3.05) is 20.6 Å². The molecule has 0 aliphatic carbocycles. The number of carbonyl (C=O) groups is 1. The summed E-state index contributed by atoms with van der Waals surface area (Å²) < 4.78 is 0. The zero-order valence-corrected chi connectivity index (χ0v) is 15.3. The molecule has 3 aromatic rings. The van der Waals surface area contributed by atoms with E-state index >= 15 is 0 Å². The maximum atomic E-state index is 12.0. The van der Waals surface area contributed by atoms with E-state index in [4.69, 9.17) is 0 Å². The number of benzene rings is 2. The first kappa shape index (κ1) is 17.2. The maximum Gasteiger partial charge on any atom is 0.234 e. The van der Waals surface area contributed by atoms with Gasteiger partial charge in [-0.1, -0.05) is 42.0 Å². The first-order valence-electron chi connectivity index (χ1n) is 8.54. The summed E-state index contributed by atoms with van der Waals surface area (Å²) >= 11 is 0. The van der Waals surface area contributed by atoms with Gasteiger partial charge in [-0.2, -0.15) is 0 Å². The van der Waals surface area contributed by atoms with Gasteiger partial charge in [0.2, 0.25) is 5.91 Å². The van der Waals surface area contributed by atoms with Crippen molar-refractivity contribution in [2.24, 2.45) is 0 Å². The zero-order chi connectivity index (χ0) is 18.0. The molecular formula is C21H25N3O. The van der Waals surface area contributed by atoms with Crippen LogP contribution in [0.15, 0.2) is 42.5 Å². The second-order valence-corrected chi connectivity index (χ2v) is 6.85. The average Bonchev–Trinajstić information content (AvgIpc) is 2.90. The van der Waals surface area contributed by atoms with Gasteiger partial charge in [0.05, 0.1) is 12.1 Å². The summed E-state index contributed by atoms with van der Waals surface area (Å²) in [6, 6.07) is 14.7. The third-order valence-corrected chi connectivity index (χ3v) is 4.39. The predicted molar refractivity (Wildman–Crippen MR) is 104 cm³/mol. The Hall–Kier alpha value is -2.59. The number of aromatic nitrogens is 1. The molecule has 0 fully saturated rings. The number of amides is 1. The SMILES string of the molecule is Cc1cc(CNC(=O)CN(C)C)c2[nH]c(-c3ccccc3)c(C)c2c1. The van der Waals surface area contributed by atoms with Crippen LogP contribution in [0.25, 0.3) is 22.2 Å². The monoisotopic (exact) mass is 335 g/mol. The summed E-state index contributed by atoms with van der Waals surface area (Å²) in [5.74, 6) is 0.0335. The fourth-order valence-corrected chi connectivity index (χ4v) is 3.23. The highest BCUT2D eigenvalue weighted by molar-refractivity contribution is 5.93. The quantitative estimate of drug-likeness (QED) is 0.748. The molecule has 0 saturated heterocycles. The Morgan fingerprint density at radius 3 is 2.52 bits per heavy atom. The van der Waals surface area contributed by atoms with Crippen molar-refractivity contribution in [3.8, 4) is 11.3 Å². The molecule has 1 amide bonds. The lowest BCUT2D eigenvalue weighted by atomic mass is 10.0. The molecule has 1 heterocycles. The normalized spacial score (nSPS) is 11.2. The maximum absolute atomic E-state index is 12.0. The minimum Gasteiger partial charge on any atom is -0.354 e. The van der Waals surface area contributed by atoms with Gasteiger partial charge in [0, 0.05) is 17.6 Å². The average molecular weight is 335 g/mol. The van der Waals surface area contributed by atoms with Crippen molar-refractivity contribution in [3.05, 3.63) is 59.2 Å². The molecule has 0 unspecified atom stereocenters. The summed E-state index contributed by atoms with van der Waals surface area (Å²) in [7, 11) is 3.79. The molecule has 0 bridgehead atoms. The van der Waals surface area contributed by atoms with E-state index < -0.39 is 0 Å². The minimum atomic E-state index is 0.0335. The van der Waals surface area contributed by atoms with Gasteiger partial charge in [0.1, 0.15) is 0 Å². The second kappa shape index (κ2) is 7.11. The van der Waals surface area contributed by atoms with Crippen molar-refractivity contribution in [2.45, 2.75) is 20.4 Å². The van der Waals surface area contributed by atoms with E-state index in [1.807, 2.05) is 37.2 Å². The molecule has 0 atom stereocenters. The Morgan fingerprint density at radius 2 is 1.84 bits per heavy atom. The number of nitrogens with one attached hydrogen (secondary N) is 2. The van der Waals surface area contributed by atoms with Gasteiger partial charge in [-0.25, -0.2) is 0 Å². The topological polar surface area (TPSA) is 48.1 Å². The van der Waals surface area contributed by atoms with Gasteiger partial charge in [-0.3, -0.25) is 4.79 Å². The number of hydrogen-bond donors (Lipinski definition) is 2. The third-order valence-electron chi connectivity index (χ3n) is 4.39. The molecule has 0 spiro atoms. The molecular weight excluding hydrogens is 310 g/mol. The molecule has 4 heteroatoms. The first-order valence-corrected chi connectivity index (χ1v) is 8.54. The molecule has 0 saturated carbocycles. The van der Waals surface area contributed by atoms with Crippen LogP contribution in [0, 0.1) is 13.8 Å². The fraction of sp³-hybridized carbons (Fsp3) is 0.286. The number of H-pyrrole nitrogens is 1. The Balaban J connectivity index is 1.98. The van der Waals surface area contributed by atoms with Crippen molar-refractivity contribution in [3.63, 3.8) is 0 Å². The van der Waals surface area contributed by atoms with E-state index in [-0.39, 0.29) is 5.91 Å². The lowest BCUT2D eigenvalue weighted by molar-refractivity contribution is -0.121. The van der Waals surface area contributed by atoms with Crippen LogP contribution in [0.1, 0.15) is 16.7 Å². The number of nitrogens with zero attached hydrogens (tertiary/aromatic N) is 1. The minimum absolute atomic E-state index is 0.0335. The largest absolute Gasteiger partial charge is 0.354 e. The van der Waals surface area contributed by atoms with Crippen molar-refractivity contribution >= 4 is 16.8 Å². The highest BCUT2D eigenvalue weighted by Crippen LogP contribution is 2.32. The molecule has 0 aliphatic heterocycles. The van der Waals surface area contributed by atoms with Crippen LogP contribution in [0.5, 0.6) is 0 Å². The first-order chi connectivity index (χ1) is 12.0. The van der Waals surface area contributed by atoms with Crippen molar-refractivity contribution in [1.29, 1.82) is 0 Å². The summed E-state index contributed by atoms with van der Waals surface area (Å²) in [4.78, 5) is 17.4. The fourth-order valence-electron chi connectivity index (χ4n) is 3.23. The van der Waals surface area contributed by atoms with Gasteiger partial charge < -0.3 is 15.2 Å². The van der Waals surface area contributed by atoms with E-state index in [1.165, 1.54) is 22.1 Å². The van der Waals surface area contributed by atoms with Crippen LogP contribution in [-0.4, -0.2) is 36.4 Å². The summed E-state index contributed by atoms with van der Waals surface area (Å²) in [6.45, 7) is 5.17. The van der Waals surface area contributed by atoms with Gasteiger partial charge in [0.25, 0.3) is 0 Å². The van der Waals surface area contributed by atoms with E-state index in [2.05, 4.69) is 48.4 Å². The van der Waals surface area contributed by atoms with Gasteiger partial charge in [0.15, 0.2) is 0 Å². The lowest BCUT2D eigenvalue weighted by Crippen LogP contribution is -2.32. The number of aromatic amines is 1. The summed E-state index contributed by atoms with van der Waals surface area (Å²) in [5, 5.41) is 4.24. The summed E-state index contributed by atoms with van der Waals surface area (Å²) in [6.07, 6.45) is 0. The van der Waals surface area contributed by atoms with Gasteiger partial charge in [-0.15, -0.1) is 0 Å². The number of carbonyl (C=O) groups excluding carboxylic acids is 1. The molecule has 0 aliphatic rings. The highest BCUT2D eigenvalue weighted by atomic mass is 16.1.